The Balaban J connectivity index is 1.90. The van der Waals surface area contributed by atoms with Crippen molar-refractivity contribution in [2.45, 2.75) is 13.3 Å². The summed E-state index contributed by atoms with van der Waals surface area (Å²) in [6.07, 6.45) is 0.911. The van der Waals surface area contributed by atoms with Gasteiger partial charge in [-0.2, -0.15) is 0 Å². The maximum absolute atomic E-state index is 11.8. The van der Waals surface area contributed by atoms with Crippen LogP contribution < -0.4 is 5.32 Å². The summed E-state index contributed by atoms with van der Waals surface area (Å²) in [5.74, 6) is -1.26. The first kappa shape index (κ1) is 12.4. The molecule has 96 valence electrons. The molecule has 0 atom stereocenters. The van der Waals surface area contributed by atoms with Crippen LogP contribution in [0.4, 0.5) is 10.5 Å². The quantitative estimate of drug-likeness (QED) is 0.856. The fraction of sp³-hybridized carbons (Fsp3) is 0.385. The van der Waals surface area contributed by atoms with Crippen molar-refractivity contribution in [1.82, 2.24) is 4.90 Å². The number of hydrogen-bond donors (Lipinski definition) is 2. The van der Waals surface area contributed by atoms with Crippen LogP contribution in [-0.4, -0.2) is 35.1 Å². The van der Waals surface area contributed by atoms with Gasteiger partial charge in [-0.05, 0) is 24.1 Å². The summed E-state index contributed by atoms with van der Waals surface area (Å²) in [4.78, 5) is 23.9. The Morgan fingerprint density at radius 1 is 1.44 bits per heavy atom. The highest BCUT2D eigenvalue weighted by atomic mass is 16.4. The fourth-order valence-electron chi connectivity index (χ4n) is 1.87. The summed E-state index contributed by atoms with van der Waals surface area (Å²) in [5, 5.41) is 11.5. The molecule has 1 aliphatic heterocycles. The van der Waals surface area contributed by atoms with E-state index < -0.39 is 11.9 Å². The lowest BCUT2D eigenvalue weighted by Gasteiger charge is -2.36. The molecule has 5 nitrogen and oxygen atoms in total. The van der Waals surface area contributed by atoms with Gasteiger partial charge in [-0.25, -0.2) is 4.79 Å². The molecule has 0 bridgehead atoms. The predicted molar refractivity (Wildman–Crippen MR) is 67.5 cm³/mol. The van der Waals surface area contributed by atoms with E-state index in [1.165, 1.54) is 4.90 Å². The number of nitrogens with zero attached hydrogens (tertiary/aromatic N) is 1. The molecule has 0 radical (unpaired) electrons. The van der Waals surface area contributed by atoms with Crippen LogP contribution in [0.3, 0.4) is 0 Å². The van der Waals surface area contributed by atoms with Crippen molar-refractivity contribution < 1.29 is 14.7 Å². The number of carboxylic acid groups (broad SMARTS) is 1. The van der Waals surface area contributed by atoms with Crippen LogP contribution >= 0.6 is 0 Å². The van der Waals surface area contributed by atoms with Gasteiger partial charge in [-0.3, -0.25) is 4.79 Å². The zero-order valence-electron chi connectivity index (χ0n) is 10.2. The van der Waals surface area contributed by atoms with Crippen LogP contribution in [0.1, 0.15) is 12.5 Å². The monoisotopic (exact) mass is 248 g/mol. The number of carboxylic acids is 1. The lowest BCUT2D eigenvalue weighted by atomic mass is 10.0. The standard InChI is InChI=1S/C13H16N2O3/c1-2-9-4-3-5-11(6-9)14-13(18)15-7-10(8-15)12(16)17/h3-6,10H,2,7-8H2,1H3,(H,14,18)(H,16,17). The number of aryl methyl sites for hydroxylation is 1. The number of urea groups is 1. The summed E-state index contributed by atoms with van der Waals surface area (Å²) in [7, 11) is 0. The molecule has 2 rings (SSSR count). The van der Waals surface area contributed by atoms with Crippen LogP contribution in [0.25, 0.3) is 0 Å². The third-order valence-electron chi connectivity index (χ3n) is 3.10. The summed E-state index contributed by atoms with van der Waals surface area (Å²) in [5.41, 5.74) is 1.90. The molecule has 0 spiro atoms. The van der Waals surface area contributed by atoms with Crippen molar-refractivity contribution in [1.29, 1.82) is 0 Å². The molecule has 5 heteroatoms. The Morgan fingerprint density at radius 3 is 2.78 bits per heavy atom. The molecule has 2 amide bonds. The van der Waals surface area contributed by atoms with E-state index >= 15 is 0 Å². The van der Waals surface area contributed by atoms with Gasteiger partial charge in [-0.1, -0.05) is 19.1 Å². The Hall–Kier alpha value is -2.04. The molecule has 0 unspecified atom stereocenters. The first-order valence-corrected chi connectivity index (χ1v) is 5.98. The molecule has 2 N–H and O–H groups in total. The predicted octanol–water partition coefficient (Wildman–Crippen LogP) is 1.80. The first-order valence-electron chi connectivity index (χ1n) is 5.98. The van der Waals surface area contributed by atoms with Crippen molar-refractivity contribution in [2.24, 2.45) is 5.92 Å². The van der Waals surface area contributed by atoms with Crippen LogP contribution in [0.5, 0.6) is 0 Å². The Bertz CT molecular complexity index is 467. The summed E-state index contributed by atoms with van der Waals surface area (Å²) < 4.78 is 0. The third-order valence-corrected chi connectivity index (χ3v) is 3.10. The molecular formula is C13H16N2O3. The van der Waals surface area contributed by atoms with Crippen molar-refractivity contribution in [3.8, 4) is 0 Å². The minimum absolute atomic E-state index is 0.235. The van der Waals surface area contributed by atoms with E-state index in [0.717, 1.165) is 17.7 Å². The van der Waals surface area contributed by atoms with Gasteiger partial charge in [0.15, 0.2) is 0 Å². The molecule has 1 heterocycles. The zero-order valence-corrected chi connectivity index (χ0v) is 10.2. The van der Waals surface area contributed by atoms with Crippen LogP contribution in [0.2, 0.25) is 0 Å². The van der Waals surface area contributed by atoms with E-state index in [0.29, 0.717) is 0 Å². The van der Waals surface area contributed by atoms with E-state index in [-0.39, 0.29) is 19.1 Å². The smallest absolute Gasteiger partial charge is 0.321 e. The minimum atomic E-state index is -0.841. The van der Waals surface area contributed by atoms with Crippen LogP contribution in [0, 0.1) is 5.92 Å². The number of rotatable bonds is 3. The molecule has 1 aromatic carbocycles. The number of amides is 2. The Morgan fingerprint density at radius 2 is 2.17 bits per heavy atom. The lowest BCUT2D eigenvalue weighted by molar-refractivity contribution is -0.145. The second-order valence-corrected chi connectivity index (χ2v) is 4.42. The van der Waals surface area contributed by atoms with E-state index in [1.54, 1.807) is 0 Å². The van der Waals surface area contributed by atoms with Gasteiger partial charge in [0.25, 0.3) is 0 Å². The largest absolute Gasteiger partial charge is 0.481 e. The number of carbonyl (C=O) groups excluding carboxylic acids is 1. The molecule has 1 aliphatic rings. The second-order valence-electron chi connectivity index (χ2n) is 4.42. The maximum atomic E-state index is 11.8. The highest BCUT2D eigenvalue weighted by Crippen LogP contribution is 2.18. The maximum Gasteiger partial charge on any atom is 0.321 e. The van der Waals surface area contributed by atoms with E-state index in [4.69, 9.17) is 5.11 Å². The molecule has 1 aromatic rings. The second kappa shape index (κ2) is 5.08. The fourth-order valence-corrected chi connectivity index (χ4v) is 1.87. The van der Waals surface area contributed by atoms with Crippen LogP contribution in [0.15, 0.2) is 24.3 Å². The van der Waals surface area contributed by atoms with Gasteiger partial charge < -0.3 is 15.3 Å². The van der Waals surface area contributed by atoms with Crippen molar-refractivity contribution in [3.63, 3.8) is 0 Å². The molecule has 1 saturated heterocycles. The summed E-state index contributed by atoms with van der Waals surface area (Å²) >= 11 is 0. The molecule has 0 aliphatic carbocycles. The molecular weight excluding hydrogens is 232 g/mol. The molecule has 18 heavy (non-hydrogen) atoms. The summed E-state index contributed by atoms with van der Waals surface area (Å²) in [6.45, 7) is 2.62. The van der Waals surface area contributed by atoms with Gasteiger partial charge in [0.05, 0.1) is 5.92 Å². The van der Waals surface area contributed by atoms with Crippen LogP contribution in [-0.2, 0) is 11.2 Å². The summed E-state index contributed by atoms with van der Waals surface area (Å²) in [6, 6.07) is 7.41. The molecule has 0 aromatic heterocycles. The average Bonchev–Trinajstić information content (AvgIpc) is 2.26. The van der Waals surface area contributed by atoms with Crippen molar-refractivity contribution in [3.05, 3.63) is 29.8 Å². The average molecular weight is 248 g/mol. The minimum Gasteiger partial charge on any atom is -0.481 e. The third kappa shape index (κ3) is 2.61. The van der Waals surface area contributed by atoms with Crippen molar-refractivity contribution >= 4 is 17.7 Å². The Labute approximate surface area is 105 Å². The number of anilines is 1. The number of nitrogens with one attached hydrogen (secondary N) is 1. The van der Waals surface area contributed by atoms with Gasteiger partial charge in [0.1, 0.15) is 0 Å². The highest BCUT2D eigenvalue weighted by Gasteiger charge is 2.35. The number of benzene rings is 1. The number of hydrogen-bond acceptors (Lipinski definition) is 2. The van der Waals surface area contributed by atoms with Gasteiger partial charge in [0, 0.05) is 18.8 Å². The molecule has 1 fully saturated rings. The topological polar surface area (TPSA) is 69.6 Å². The van der Waals surface area contributed by atoms with E-state index in [9.17, 15) is 9.59 Å². The van der Waals surface area contributed by atoms with Crippen molar-refractivity contribution in [2.75, 3.05) is 18.4 Å². The van der Waals surface area contributed by atoms with Gasteiger partial charge in [0.2, 0.25) is 0 Å². The number of likely N-dealkylation sites (tertiary alicyclic amines) is 1. The van der Waals surface area contributed by atoms with Gasteiger partial charge >= 0.3 is 12.0 Å². The Kier molecular flexibility index (Phi) is 3.50. The van der Waals surface area contributed by atoms with E-state index in [2.05, 4.69) is 5.32 Å². The SMILES string of the molecule is CCc1cccc(NC(=O)N2CC(C(=O)O)C2)c1. The van der Waals surface area contributed by atoms with Gasteiger partial charge in [-0.15, -0.1) is 0 Å². The zero-order chi connectivity index (χ0) is 13.1. The molecule has 0 saturated carbocycles. The number of aliphatic carboxylic acids is 1. The number of carbonyl (C=O) groups is 2. The first-order chi connectivity index (χ1) is 8.60. The normalized spacial score (nSPS) is 15.1. The highest BCUT2D eigenvalue weighted by molar-refractivity contribution is 5.91. The van der Waals surface area contributed by atoms with E-state index in [1.807, 2.05) is 31.2 Å². The lowest BCUT2D eigenvalue weighted by Crippen LogP contribution is -2.54.